The first kappa shape index (κ1) is 14.0. The van der Waals surface area contributed by atoms with Crippen molar-refractivity contribution in [3.63, 3.8) is 0 Å². The number of thiocarbonyl (C=S) groups is 1. The maximum atomic E-state index is 13.0. The Kier molecular flexibility index (Phi) is 3.11. The molecular weight excluding hydrogens is 280 g/mol. The molecule has 21 heavy (non-hydrogen) atoms. The minimum Gasteiger partial charge on any atom is -0.392 e. The van der Waals surface area contributed by atoms with Gasteiger partial charge in [0.1, 0.15) is 0 Å². The molecule has 0 heterocycles. The molecule has 0 aliphatic heterocycles. The fourth-order valence-electron chi connectivity index (χ4n) is 6.19. The Morgan fingerprint density at radius 2 is 1.48 bits per heavy atom. The largest absolute Gasteiger partial charge is 0.392 e. The summed E-state index contributed by atoms with van der Waals surface area (Å²) in [6, 6.07) is 0. The Morgan fingerprint density at radius 1 is 1.00 bits per heavy atom. The zero-order chi connectivity index (χ0) is 14.7. The molecular formula is C17H26N2OS. The van der Waals surface area contributed by atoms with Gasteiger partial charge in [0.15, 0.2) is 0 Å². The Balaban J connectivity index is 1.55. The van der Waals surface area contributed by atoms with Crippen LogP contribution in [0.1, 0.15) is 64.2 Å². The number of rotatable bonds is 3. The average Bonchev–Trinajstić information content (AvgIpc) is 2.86. The van der Waals surface area contributed by atoms with E-state index in [-0.39, 0.29) is 11.4 Å². The van der Waals surface area contributed by atoms with Crippen LogP contribution in [0.3, 0.4) is 0 Å². The molecule has 5 saturated carbocycles. The van der Waals surface area contributed by atoms with Gasteiger partial charge in [-0.25, -0.2) is 0 Å². The van der Waals surface area contributed by atoms with Crippen LogP contribution in [0.25, 0.3) is 0 Å². The summed E-state index contributed by atoms with van der Waals surface area (Å²) in [6.07, 6.45) is 11.6. The first-order valence-electron chi connectivity index (χ1n) is 8.64. The zero-order valence-electron chi connectivity index (χ0n) is 12.7. The molecule has 3 nitrogen and oxygen atoms in total. The third-order valence-electron chi connectivity index (χ3n) is 6.78. The number of carbonyl (C=O) groups excluding carboxylic acids is 1. The van der Waals surface area contributed by atoms with Crippen molar-refractivity contribution in [2.45, 2.75) is 69.7 Å². The van der Waals surface area contributed by atoms with Crippen LogP contribution in [0, 0.1) is 23.2 Å². The summed E-state index contributed by atoms with van der Waals surface area (Å²) in [5.74, 6) is 2.69. The fraction of sp³-hybridized carbons (Fsp3) is 0.882. The predicted octanol–water partition coefficient (Wildman–Crippen LogP) is 2.92. The van der Waals surface area contributed by atoms with Gasteiger partial charge in [-0.2, -0.15) is 0 Å². The van der Waals surface area contributed by atoms with Gasteiger partial charge in [0.2, 0.25) is 5.91 Å². The zero-order valence-corrected chi connectivity index (χ0v) is 13.5. The summed E-state index contributed by atoms with van der Waals surface area (Å²) >= 11 is 5.27. The normalized spacial score (nSPS) is 43.0. The SMILES string of the molecule is NC(=S)C1(C(=O)NC23CC4CC(CC(C4)C2)C3)CCCC1. The van der Waals surface area contributed by atoms with Gasteiger partial charge in [-0.1, -0.05) is 25.1 Å². The van der Waals surface area contributed by atoms with E-state index in [2.05, 4.69) is 5.32 Å². The second-order valence-electron chi connectivity index (χ2n) is 8.31. The monoisotopic (exact) mass is 306 g/mol. The van der Waals surface area contributed by atoms with E-state index < -0.39 is 5.41 Å². The van der Waals surface area contributed by atoms with Gasteiger partial charge in [-0.05, 0) is 69.1 Å². The lowest BCUT2D eigenvalue weighted by atomic mass is 9.53. The standard InChI is InChI=1S/C17H26N2OS/c18-14(21)17(3-1-2-4-17)15(20)19-16-8-11-5-12(9-16)7-13(6-11)10-16/h11-13H,1-10H2,(H2,18,21)(H,19,20). The Labute approximate surface area is 132 Å². The van der Waals surface area contributed by atoms with E-state index in [1.54, 1.807) is 0 Å². The van der Waals surface area contributed by atoms with Gasteiger partial charge in [0.25, 0.3) is 0 Å². The van der Waals surface area contributed by atoms with E-state index in [1.807, 2.05) is 0 Å². The number of amides is 1. The highest BCUT2D eigenvalue weighted by Crippen LogP contribution is 2.56. The van der Waals surface area contributed by atoms with Gasteiger partial charge in [-0.15, -0.1) is 0 Å². The molecule has 5 aliphatic rings. The Morgan fingerprint density at radius 3 is 1.90 bits per heavy atom. The van der Waals surface area contributed by atoms with Crippen LogP contribution in [0.4, 0.5) is 0 Å². The number of nitrogens with one attached hydrogen (secondary N) is 1. The molecule has 0 spiro atoms. The van der Waals surface area contributed by atoms with Crippen molar-refractivity contribution in [3.05, 3.63) is 0 Å². The minimum atomic E-state index is -0.543. The van der Waals surface area contributed by atoms with E-state index in [1.165, 1.54) is 38.5 Å². The molecule has 0 aromatic heterocycles. The van der Waals surface area contributed by atoms with Crippen molar-refractivity contribution in [2.75, 3.05) is 0 Å². The molecule has 0 unspecified atom stereocenters. The molecule has 4 heteroatoms. The van der Waals surface area contributed by atoms with Crippen LogP contribution in [0.5, 0.6) is 0 Å². The van der Waals surface area contributed by atoms with Gasteiger partial charge >= 0.3 is 0 Å². The topological polar surface area (TPSA) is 55.1 Å². The molecule has 5 fully saturated rings. The third kappa shape index (κ3) is 2.13. The highest BCUT2D eigenvalue weighted by molar-refractivity contribution is 7.80. The van der Waals surface area contributed by atoms with Crippen LogP contribution in [0.15, 0.2) is 0 Å². The van der Waals surface area contributed by atoms with Crippen molar-refractivity contribution in [1.82, 2.24) is 5.32 Å². The first-order chi connectivity index (χ1) is 10.0. The third-order valence-corrected chi connectivity index (χ3v) is 7.17. The highest BCUT2D eigenvalue weighted by atomic mass is 32.1. The molecule has 116 valence electrons. The van der Waals surface area contributed by atoms with Gasteiger partial charge < -0.3 is 11.1 Å². The molecule has 0 atom stereocenters. The lowest BCUT2D eigenvalue weighted by Crippen LogP contribution is -2.63. The van der Waals surface area contributed by atoms with Crippen molar-refractivity contribution in [2.24, 2.45) is 28.9 Å². The summed E-state index contributed by atoms with van der Waals surface area (Å²) < 4.78 is 0. The summed E-state index contributed by atoms with van der Waals surface area (Å²) in [6.45, 7) is 0. The van der Waals surface area contributed by atoms with Crippen molar-refractivity contribution < 1.29 is 4.79 Å². The lowest BCUT2D eigenvalue weighted by Gasteiger charge is -2.57. The molecule has 0 saturated heterocycles. The van der Waals surface area contributed by atoms with E-state index in [9.17, 15) is 4.79 Å². The molecule has 5 aliphatic carbocycles. The van der Waals surface area contributed by atoms with Crippen LogP contribution in [-0.4, -0.2) is 16.4 Å². The number of nitrogens with two attached hydrogens (primary N) is 1. The van der Waals surface area contributed by atoms with Gasteiger partial charge in [0, 0.05) is 5.54 Å². The van der Waals surface area contributed by atoms with E-state index in [0.29, 0.717) is 4.99 Å². The van der Waals surface area contributed by atoms with Crippen molar-refractivity contribution in [3.8, 4) is 0 Å². The van der Waals surface area contributed by atoms with E-state index in [0.717, 1.165) is 43.4 Å². The number of hydrogen-bond donors (Lipinski definition) is 2. The quantitative estimate of drug-likeness (QED) is 0.788. The molecule has 5 rings (SSSR count). The Hall–Kier alpha value is -0.640. The van der Waals surface area contributed by atoms with Crippen LogP contribution in [0.2, 0.25) is 0 Å². The highest BCUT2D eigenvalue weighted by Gasteiger charge is 2.54. The maximum Gasteiger partial charge on any atom is 0.233 e. The second-order valence-corrected chi connectivity index (χ2v) is 8.75. The van der Waals surface area contributed by atoms with Crippen molar-refractivity contribution >= 4 is 23.1 Å². The average molecular weight is 306 g/mol. The smallest absolute Gasteiger partial charge is 0.233 e. The molecule has 1 amide bonds. The minimum absolute atomic E-state index is 0.0756. The second kappa shape index (κ2) is 4.68. The number of hydrogen-bond acceptors (Lipinski definition) is 2. The number of carbonyl (C=O) groups is 1. The summed E-state index contributed by atoms with van der Waals surface area (Å²) in [7, 11) is 0. The van der Waals surface area contributed by atoms with Crippen LogP contribution >= 0.6 is 12.2 Å². The molecule has 0 radical (unpaired) electrons. The van der Waals surface area contributed by atoms with Gasteiger partial charge in [0.05, 0.1) is 10.4 Å². The predicted molar refractivity (Wildman–Crippen MR) is 86.7 cm³/mol. The van der Waals surface area contributed by atoms with Crippen LogP contribution in [-0.2, 0) is 4.79 Å². The van der Waals surface area contributed by atoms with E-state index in [4.69, 9.17) is 18.0 Å². The lowest BCUT2D eigenvalue weighted by molar-refractivity contribution is -0.133. The first-order valence-corrected chi connectivity index (χ1v) is 9.05. The molecule has 4 bridgehead atoms. The van der Waals surface area contributed by atoms with Gasteiger partial charge in [-0.3, -0.25) is 4.79 Å². The summed E-state index contributed by atoms with van der Waals surface area (Å²) in [5.41, 5.74) is 5.50. The van der Waals surface area contributed by atoms with Crippen LogP contribution < -0.4 is 11.1 Å². The van der Waals surface area contributed by atoms with E-state index >= 15 is 0 Å². The maximum absolute atomic E-state index is 13.0. The Bertz CT molecular complexity index is 446. The fourth-order valence-corrected chi connectivity index (χ4v) is 6.48. The summed E-state index contributed by atoms with van der Waals surface area (Å²) in [5, 5.41) is 3.48. The summed E-state index contributed by atoms with van der Waals surface area (Å²) in [4.78, 5) is 13.4. The molecule has 3 N–H and O–H groups in total. The molecule has 0 aromatic rings. The molecule has 0 aromatic carbocycles. The van der Waals surface area contributed by atoms with Crippen molar-refractivity contribution in [1.29, 1.82) is 0 Å².